The Labute approximate surface area is 196 Å². The third kappa shape index (κ3) is 4.35. The Bertz CT molecular complexity index is 1180. The van der Waals surface area contributed by atoms with Crippen LogP contribution in [0, 0.1) is 13.8 Å². The van der Waals surface area contributed by atoms with E-state index < -0.39 is 0 Å². The number of aromatic nitrogens is 4. The van der Waals surface area contributed by atoms with Crippen LogP contribution in [0.25, 0.3) is 11.1 Å². The molecule has 9 nitrogen and oxygen atoms in total. The van der Waals surface area contributed by atoms with E-state index in [9.17, 15) is 4.79 Å². The van der Waals surface area contributed by atoms with Crippen molar-refractivity contribution in [3.63, 3.8) is 0 Å². The largest absolute Gasteiger partial charge is 0.472 e. The molecule has 2 saturated heterocycles. The Morgan fingerprint density at radius 2 is 2.12 bits per heavy atom. The number of ether oxygens (including phenoxy) is 2. The maximum absolute atomic E-state index is 12.8. The van der Waals surface area contributed by atoms with Crippen molar-refractivity contribution in [2.75, 3.05) is 24.6 Å². The molecule has 2 fully saturated rings. The van der Waals surface area contributed by atoms with Gasteiger partial charge in [-0.3, -0.25) is 4.79 Å². The van der Waals surface area contributed by atoms with E-state index in [1.54, 1.807) is 12.4 Å². The Morgan fingerprint density at radius 3 is 2.88 bits per heavy atom. The second-order valence-electron chi connectivity index (χ2n) is 8.47. The number of nitrogens with zero attached hydrogens (tertiary/aromatic N) is 5. The molecule has 0 aliphatic carbocycles. The number of hydrogen-bond donors (Lipinski definition) is 0. The summed E-state index contributed by atoms with van der Waals surface area (Å²) in [4.78, 5) is 19.2. The summed E-state index contributed by atoms with van der Waals surface area (Å²) < 4.78 is 18.5. The lowest BCUT2D eigenvalue weighted by molar-refractivity contribution is -0.0424. The Kier molecular flexibility index (Phi) is 6.07. The van der Waals surface area contributed by atoms with Crippen molar-refractivity contribution in [1.82, 2.24) is 19.9 Å². The van der Waals surface area contributed by atoms with Crippen molar-refractivity contribution in [2.45, 2.75) is 51.9 Å². The molecule has 0 N–H and O–H groups in total. The van der Waals surface area contributed by atoms with Gasteiger partial charge in [-0.25, -0.2) is 4.98 Å². The summed E-state index contributed by atoms with van der Waals surface area (Å²) in [6.07, 6.45) is 6.50. The van der Waals surface area contributed by atoms with Crippen LogP contribution in [0.3, 0.4) is 0 Å². The lowest BCUT2D eigenvalue weighted by Gasteiger charge is -2.25. The second kappa shape index (κ2) is 9.15. The van der Waals surface area contributed by atoms with Crippen LogP contribution in [0.5, 0.6) is 5.88 Å². The van der Waals surface area contributed by atoms with E-state index in [1.165, 1.54) is 4.68 Å². The van der Waals surface area contributed by atoms with Crippen LogP contribution in [0.1, 0.15) is 43.4 Å². The van der Waals surface area contributed by atoms with E-state index in [4.69, 9.17) is 25.6 Å². The summed E-state index contributed by atoms with van der Waals surface area (Å²) in [6, 6.07) is 3.81. The molecule has 2 atom stereocenters. The third-order valence-corrected chi connectivity index (χ3v) is 6.54. The van der Waals surface area contributed by atoms with Gasteiger partial charge in [0.25, 0.3) is 5.56 Å². The van der Waals surface area contributed by atoms with Crippen molar-refractivity contribution in [2.24, 2.45) is 0 Å². The fourth-order valence-corrected chi connectivity index (χ4v) is 4.77. The topological polar surface area (TPSA) is 95.5 Å². The van der Waals surface area contributed by atoms with Crippen LogP contribution in [-0.4, -0.2) is 45.7 Å². The molecule has 5 rings (SSSR count). The summed E-state index contributed by atoms with van der Waals surface area (Å²) in [5.74, 6) is 1.29. The number of pyridine rings is 1. The van der Waals surface area contributed by atoms with Crippen LogP contribution in [0.4, 0.5) is 5.69 Å². The van der Waals surface area contributed by atoms with Crippen molar-refractivity contribution in [3.05, 3.63) is 51.4 Å². The molecule has 0 saturated carbocycles. The summed E-state index contributed by atoms with van der Waals surface area (Å²) in [6.45, 7) is 5.72. The number of hydrogen-bond acceptors (Lipinski definition) is 8. The average Bonchev–Trinajstić information content (AvgIpc) is 3.42. The lowest BCUT2D eigenvalue weighted by Crippen LogP contribution is -2.33. The van der Waals surface area contributed by atoms with Gasteiger partial charge < -0.3 is 18.9 Å². The maximum Gasteiger partial charge on any atom is 0.290 e. The first-order chi connectivity index (χ1) is 16.0. The maximum atomic E-state index is 12.8. The van der Waals surface area contributed by atoms with E-state index in [-0.39, 0.29) is 22.9 Å². The molecule has 0 amide bonds. The van der Waals surface area contributed by atoms with Gasteiger partial charge in [0.2, 0.25) is 5.88 Å². The predicted molar refractivity (Wildman–Crippen MR) is 123 cm³/mol. The van der Waals surface area contributed by atoms with Gasteiger partial charge in [0.15, 0.2) is 6.23 Å². The summed E-state index contributed by atoms with van der Waals surface area (Å²) >= 11 is 6.47. The molecule has 33 heavy (non-hydrogen) atoms. The highest BCUT2D eigenvalue weighted by molar-refractivity contribution is 6.33. The van der Waals surface area contributed by atoms with Gasteiger partial charge in [0, 0.05) is 37.4 Å². The van der Waals surface area contributed by atoms with Crippen molar-refractivity contribution in [1.29, 1.82) is 0 Å². The van der Waals surface area contributed by atoms with Gasteiger partial charge in [-0.1, -0.05) is 16.8 Å². The SMILES string of the molecule is Cc1noc(C)c1-c1ccnc(OC2CCN(c3cnn(C4CCCCO4)c(=O)c3Cl)C2)c1. The van der Waals surface area contributed by atoms with Crippen LogP contribution in [-0.2, 0) is 4.74 Å². The summed E-state index contributed by atoms with van der Waals surface area (Å²) in [5, 5.41) is 8.55. The van der Waals surface area contributed by atoms with Crippen molar-refractivity contribution < 1.29 is 14.0 Å². The van der Waals surface area contributed by atoms with Crippen LogP contribution < -0.4 is 15.2 Å². The van der Waals surface area contributed by atoms with E-state index in [2.05, 4.69) is 15.2 Å². The Hall–Kier alpha value is -2.91. The minimum atomic E-state index is -0.344. The van der Waals surface area contributed by atoms with Crippen LogP contribution >= 0.6 is 11.6 Å². The quantitative estimate of drug-likeness (QED) is 0.552. The fraction of sp³-hybridized carbons (Fsp3) is 0.478. The molecule has 5 heterocycles. The van der Waals surface area contributed by atoms with E-state index in [0.717, 1.165) is 48.3 Å². The van der Waals surface area contributed by atoms with Crippen LogP contribution in [0.15, 0.2) is 33.8 Å². The lowest BCUT2D eigenvalue weighted by atomic mass is 10.1. The Balaban J connectivity index is 1.29. The smallest absolute Gasteiger partial charge is 0.290 e. The van der Waals surface area contributed by atoms with Gasteiger partial charge in [-0.05, 0) is 44.7 Å². The molecule has 0 aromatic carbocycles. The molecule has 2 aliphatic heterocycles. The Morgan fingerprint density at radius 1 is 1.24 bits per heavy atom. The number of rotatable bonds is 5. The minimum absolute atomic E-state index is 0.0856. The molecule has 0 spiro atoms. The highest BCUT2D eigenvalue weighted by atomic mass is 35.5. The molecular formula is C23H26ClN5O4. The molecule has 3 aromatic heterocycles. The molecule has 174 valence electrons. The summed E-state index contributed by atoms with van der Waals surface area (Å²) in [5.41, 5.74) is 3.03. The highest BCUT2D eigenvalue weighted by Gasteiger charge is 2.29. The molecule has 10 heteroatoms. The van der Waals surface area contributed by atoms with Crippen molar-refractivity contribution >= 4 is 17.3 Å². The summed E-state index contributed by atoms with van der Waals surface area (Å²) in [7, 11) is 0. The van der Waals surface area contributed by atoms with Gasteiger partial charge in [-0.15, -0.1) is 0 Å². The zero-order valence-electron chi connectivity index (χ0n) is 18.7. The van der Waals surface area contributed by atoms with Gasteiger partial charge in [0.1, 0.15) is 16.9 Å². The first kappa shape index (κ1) is 21.9. The number of anilines is 1. The fourth-order valence-electron chi connectivity index (χ4n) is 4.52. The van der Waals surface area contributed by atoms with Gasteiger partial charge in [0.05, 0.1) is 24.1 Å². The molecule has 0 bridgehead atoms. The van der Waals surface area contributed by atoms with Gasteiger partial charge in [-0.2, -0.15) is 9.78 Å². The van der Waals surface area contributed by atoms with E-state index >= 15 is 0 Å². The normalized spacial score (nSPS) is 20.9. The highest BCUT2D eigenvalue weighted by Crippen LogP contribution is 2.31. The standard InChI is InChI=1S/C23H26ClN5O4/c1-14-21(15(2)33-27-14)16-6-8-25-19(11-16)32-17-7-9-28(13-17)18-12-26-29(23(30)22(18)24)20-5-3-4-10-31-20/h6,8,11-12,17,20H,3-5,7,9-10,13H2,1-2H3. The minimum Gasteiger partial charge on any atom is -0.472 e. The monoisotopic (exact) mass is 471 g/mol. The molecule has 0 radical (unpaired) electrons. The van der Waals surface area contributed by atoms with Crippen molar-refractivity contribution in [3.8, 4) is 17.0 Å². The van der Waals surface area contributed by atoms with E-state index in [1.807, 2.05) is 30.9 Å². The zero-order chi connectivity index (χ0) is 22.9. The average molecular weight is 472 g/mol. The second-order valence-corrected chi connectivity index (χ2v) is 8.85. The molecule has 3 aromatic rings. The zero-order valence-corrected chi connectivity index (χ0v) is 19.4. The predicted octanol–water partition coefficient (Wildman–Crippen LogP) is 3.92. The molecular weight excluding hydrogens is 446 g/mol. The first-order valence-corrected chi connectivity index (χ1v) is 11.6. The first-order valence-electron chi connectivity index (χ1n) is 11.2. The molecule has 2 unspecified atom stereocenters. The molecule has 2 aliphatic rings. The van der Waals surface area contributed by atoms with Gasteiger partial charge >= 0.3 is 0 Å². The third-order valence-electron chi connectivity index (χ3n) is 6.18. The van der Waals surface area contributed by atoms with E-state index in [0.29, 0.717) is 31.3 Å². The number of aryl methyl sites for hydroxylation is 2. The number of halogens is 1. The van der Waals surface area contributed by atoms with Crippen LogP contribution in [0.2, 0.25) is 5.02 Å².